The Morgan fingerprint density at radius 1 is 1.38 bits per heavy atom. The maximum absolute atomic E-state index is 12.8. The average molecular weight is 334 g/mol. The van der Waals surface area contributed by atoms with E-state index < -0.39 is 0 Å². The second-order valence-corrected chi connectivity index (χ2v) is 7.35. The van der Waals surface area contributed by atoms with Crippen LogP contribution in [0.4, 0.5) is 0 Å². The maximum atomic E-state index is 12.8. The molecule has 1 unspecified atom stereocenters. The first-order chi connectivity index (χ1) is 11.3. The van der Waals surface area contributed by atoms with Crippen LogP contribution in [-0.2, 0) is 16.6 Å². The molecule has 3 heterocycles. The van der Waals surface area contributed by atoms with Crippen molar-refractivity contribution in [1.29, 1.82) is 0 Å². The normalized spacial score (nSPS) is 25.0. The number of ether oxygens (including phenoxy) is 1. The Morgan fingerprint density at radius 3 is 2.75 bits per heavy atom. The molecule has 0 aliphatic carbocycles. The highest BCUT2D eigenvalue weighted by Gasteiger charge is 2.44. The van der Waals surface area contributed by atoms with Crippen molar-refractivity contribution in [2.75, 3.05) is 32.8 Å². The van der Waals surface area contributed by atoms with Crippen LogP contribution < -0.4 is 0 Å². The quantitative estimate of drug-likeness (QED) is 0.803. The van der Waals surface area contributed by atoms with Crippen molar-refractivity contribution in [2.24, 2.45) is 12.5 Å². The van der Waals surface area contributed by atoms with Gasteiger partial charge in [0.2, 0.25) is 5.91 Å². The van der Waals surface area contributed by atoms with Gasteiger partial charge in [-0.15, -0.1) is 0 Å². The van der Waals surface area contributed by atoms with Gasteiger partial charge >= 0.3 is 0 Å². The van der Waals surface area contributed by atoms with E-state index in [-0.39, 0.29) is 29.9 Å². The Kier molecular flexibility index (Phi) is 4.38. The van der Waals surface area contributed by atoms with Crippen molar-refractivity contribution in [1.82, 2.24) is 19.6 Å². The van der Waals surface area contributed by atoms with Gasteiger partial charge in [-0.1, -0.05) is 0 Å². The highest BCUT2D eigenvalue weighted by atomic mass is 16.5. The molecular weight excluding hydrogens is 308 g/mol. The fourth-order valence-corrected chi connectivity index (χ4v) is 3.64. The molecule has 2 fully saturated rings. The second kappa shape index (κ2) is 6.20. The van der Waals surface area contributed by atoms with Gasteiger partial charge < -0.3 is 14.5 Å². The Hall–Kier alpha value is -1.89. The molecule has 1 aromatic heterocycles. The minimum absolute atomic E-state index is 0.0177. The average Bonchev–Trinajstić information content (AvgIpc) is 3.04. The second-order valence-electron chi connectivity index (χ2n) is 7.35. The largest absolute Gasteiger partial charge is 0.371 e. The zero-order valence-corrected chi connectivity index (χ0v) is 14.9. The molecule has 0 saturated carbocycles. The monoisotopic (exact) mass is 334 g/mol. The van der Waals surface area contributed by atoms with E-state index >= 15 is 0 Å². The highest BCUT2D eigenvalue weighted by Crippen LogP contribution is 2.35. The summed E-state index contributed by atoms with van der Waals surface area (Å²) in [4.78, 5) is 28.8. The minimum atomic E-state index is -0.164. The number of rotatable bonds is 2. The predicted molar refractivity (Wildman–Crippen MR) is 88.6 cm³/mol. The van der Waals surface area contributed by atoms with Crippen LogP contribution in [0, 0.1) is 12.3 Å². The summed E-state index contributed by atoms with van der Waals surface area (Å²) in [5.41, 5.74) is 1.36. The van der Waals surface area contributed by atoms with Gasteiger partial charge in [0.1, 0.15) is 6.61 Å². The van der Waals surface area contributed by atoms with Gasteiger partial charge in [-0.25, -0.2) is 0 Å². The third-order valence-corrected chi connectivity index (χ3v) is 5.27. The maximum Gasteiger partial charge on any atom is 0.257 e. The zero-order valence-electron chi connectivity index (χ0n) is 14.9. The van der Waals surface area contributed by atoms with E-state index in [1.165, 1.54) is 0 Å². The fourth-order valence-electron chi connectivity index (χ4n) is 3.64. The molecule has 0 N–H and O–H groups in total. The lowest BCUT2D eigenvalue weighted by Crippen LogP contribution is -2.46. The standard InChI is InChI=1S/C17H26N4O3/c1-12(2)21-10-17(11-24-8-15(21)22)5-6-20(9-17)16(23)14-7-18-19(4)13(14)3/h7,12H,5-6,8-11H2,1-4H3. The topological polar surface area (TPSA) is 67.7 Å². The van der Waals surface area contributed by atoms with Crippen LogP contribution in [-0.4, -0.2) is 70.3 Å². The highest BCUT2D eigenvalue weighted by molar-refractivity contribution is 5.95. The molecule has 24 heavy (non-hydrogen) atoms. The Bertz CT molecular complexity index is 654. The number of carbonyl (C=O) groups is 2. The summed E-state index contributed by atoms with van der Waals surface area (Å²) in [7, 11) is 1.84. The molecule has 7 heteroatoms. The van der Waals surface area contributed by atoms with Crippen LogP contribution in [0.5, 0.6) is 0 Å². The summed E-state index contributed by atoms with van der Waals surface area (Å²) >= 11 is 0. The molecule has 2 aliphatic rings. The lowest BCUT2D eigenvalue weighted by molar-refractivity contribution is -0.135. The first-order valence-corrected chi connectivity index (χ1v) is 8.48. The first-order valence-electron chi connectivity index (χ1n) is 8.48. The molecule has 0 aromatic carbocycles. The van der Waals surface area contributed by atoms with Gasteiger partial charge in [0.15, 0.2) is 0 Å². The van der Waals surface area contributed by atoms with E-state index in [1.54, 1.807) is 10.9 Å². The van der Waals surface area contributed by atoms with E-state index in [0.29, 0.717) is 31.8 Å². The molecule has 1 spiro atoms. The SMILES string of the molecule is Cc1c(C(=O)N2CCC3(COCC(=O)N(C(C)C)C3)C2)cnn1C. The molecule has 0 radical (unpaired) electrons. The number of aryl methyl sites for hydroxylation is 1. The molecule has 2 aliphatic heterocycles. The van der Waals surface area contributed by atoms with Gasteiger partial charge in [0.25, 0.3) is 5.91 Å². The van der Waals surface area contributed by atoms with Crippen molar-refractivity contribution < 1.29 is 14.3 Å². The van der Waals surface area contributed by atoms with E-state index in [9.17, 15) is 9.59 Å². The van der Waals surface area contributed by atoms with Crippen LogP contribution in [0.2, 0.25) is 0 Å². The summed E-state index contributed by atoms with van der Waals surface area (Å²) < 4.78 is 7.36. The number of hydrogen-bond donors (Lipinski definition) is 0. The molecular formula is C17H26N4O3. The molecule has 1 aromatic rings. The number of hydrogen-bond acceptors (Lipinski definition) is 4. The van der Waals surface area contributed by atoms with E-state index in [2.05, 4.69) is 5.10 Å². The number of likely N-dealkylation sites (tertiary alicyclic amines) is 1. The Morgan fingerprint density at radius 2 is 2.12 bits per heavy atom. The molecule has 132 valence electrons. The summed E-state index contributed by atoms with van der Waals surface area (Å²) in [6.45, 7) is 8.57. The van der Waals surface area contributed by atoms with Gasteiger partial charge in [-0.05, 0) is 27.2 Å². The zero-order chi connectivity index (χ0) is 17.5. The fraction of sp³-hybridized carbons (Fsp3) is 0.706. The van der Waals surface area contributed by atoms with Crippen LogP contribution in [0.3, 0.4) is 0 Å². The Labute approximate surface area is 142 Å². The van der Waals surface area contributed by atoms with Crippen molar-refractivity contribution in [3.05, 3.63) is 17.5 Å². The summed E-state index contributed by atoms with van der Waals surface area (Å²) in [6.07, 6.45) is 2.49. The van der Waals surface area contributed by atoms with Crippen molar-refractivity contribution in [3.8, 4) is 0 Å². The van der Waals surface area contributed by atoms with E-state index in [4.69, 9.17) is 4.74 Å². The lowest BCUT2D eigenvalue weighted by atomic mass is 9.87. The molecule has 2 saturated heterocycles. The third-order valence-electron chi connectivity index (χ3n) is 5.27. The minimum Gasteiger partial charge on any atom is -0.371 e. The van der Waals surface area contributed by atoms with Crippen molar-refractivity contribution in [2.45, 2.75) is 33.2 Å². The predicted octanol–water partition coefficient (Wildman–Crippen LogP) is 0.828. The van der Waals surface area contributed by atoms with Gasteiger partial charge in [-0.2, -0.15) is 5.10 Å². The summed E-state index contributed by atoms with van der Waals surface area (Å²) in [6, 6.07) is 0.140. The van der Waals surface area contributed by atoms with Crippen molar-refractivity contribution >= 4 is 11.8 Å². The van der Waals surface area contributed by atoms with Gasteiger partial charge in [0, 0.05) is 43.8 Å². The van der Waals surface area contributed by atoms with Crippen LogP contribution in [0.25, 0.3) is 0 Å². The molecule has 3 rings (SSSR count). The van der Waals surface area contributed by atoms with Gasteiger partial charge in [0.05, 0.1) is 18.4 Å². The molecule has 2 amide bonds. The van der Waals surface area contributed by atoms with E-state index in [0.717, 1.165) is 12.1 Å². The smallest absolute Gasteiger partial charge is 0.257 e. The number of nitrogens with zero attached hydrogens (tertiary/aromatic N) is 4. The third kappa shape index (κ3) is 2.92. The number of carbonyl (C=O) groups excluding carboxylic acids is 2. The van der Waals surface area contributed by atoms with Crippen LogP contribution >= 0.6 is 0 Å². The van der Waals surface area contributed by atoms with Crippen LogP contribution in [0.1, 0.15) is 36.3 Å². The lowest BCUT2D eigenvalue weighted by Gasteiger charge is -2.34. The number of aromatic nitrogens is 2. The van der Waals surface area contributed by atoms with Gasteiger partial charge in [-0.3, -0.25) is 14.3 Å². The summed E-state index contributed by atoms with van der Waals surface area (Å²) in [5.74, 6) is 0.0545. The van der Waals surface area contributed by atoms with E-state index in [1.807, 2.05) is 37.6 Å². The number of amides is 2. The van der Waals surface area contributed by atoms with Crippen molar-refractivity contribution in [3.63, 3.8) is 0 Å². The molecule has 0 bridgehead atoms. The first kappa shape index (κ1) is 17.0. The summed E-state index contributed by atoms with van der Waals surface area (Å²) in [5, 5.41) is 4.16. The molecule has 1 atom stereocenters. The molecule has 7 nitrogen and oxygen atoms in total. The van der Waals surface area contributed by atoms with Crippen LogP contribution in [0.15, 0.2) is 6.20 Å². The Balaban J connectivity index is 1.77.